The van der Waals surface area contributed by atoms with E-state index in [0.717, 1.165) is 31.2 Å². The minimum absolute atomic E-state index is 0.143. The van der Waals surface area contributed by atoms with Crippen LogP contribution < -0.4 is 5.32 Å². The summed E-state index contributed by atoms with van der Waals surface area (Å²) in [6.07, 6.45) is 4.47. The van der Waals surface area contributed by atoms with E-state index in [1.165, 1.54) is 0 Å². The van der Waals surface area contributed by atoms with Crippen molar-refractivity contribution in [3.8, 4) is 0 Å². The first-order chi connectivity index (χ1) is 9.12. The Balaban J connectivity index is 2.08. The molecule has 1 N–H and O–H groups in total. The molecule has 1 aromatic carbocycles. The van der Waals surface area contributed by atoms with Crippen LogP contribution in [0.2, 0.25) is 5.02 Å². The first kappa shape index (κ1) is 12.7. The van der Waals surface area contributed by atoms with Gasteiger partial charge < -0.3 is 0 Å². The van der Waals surface area contributed by atoms with E-state index in [-0.39, 0.29) is 23.1 Å². The number of halogens is 1. The summed E-state index contributed by atoms with van der Waals surface area (Å²) in [7, 11) is 0. The second-order valence-corrected chi connectivity index (χ2v) is 6.02. The van der Waals surface area contributed by atoms with Gasteiger partial charge in [0, 0.05) is 11.4 Å². The van der Waals surface area contributed by atoms with Gasteiger partial charge in [-0.15, -0.1) is 0 Å². The molecule has 0 bridgehead atoms. The molecule has 1 unspecified atom stereocenters. The monoisotopic (exact) mass is 277 g/mol. The van der Waals surface area contributed by atoms with E-state index in [2.05, 4.69) is 5.32 Å². The fourth-order valence-electron chi connectivity index (χ4n) is 3.68. The number of piperidine rings is 1. The van der Waals surface area contributed by atoms with Crippen molar-refractivity contribution >= 4 is 23.4 Å². The van der Waals surface area contributed by atoms with Crippen molar-refractivity contribution in [2.24, 2.45) is 5.41 Å². The van der Waals surface area contributed by atoms with E-state index in [1.807, 2.05) is 24.3 Å². The van der Waals surface area contributed by atoms with Crippen LogP contribution in [0.25, 0.3) is 0 Å². The fourth-order valence-corrected chi connectivity index (χ4v) is 3.92. The van der Waals surface area contributed by atoms with E-state index in [9.17, 15) is 9.59 Å². The lowest BCUT2D eigenvalue weighted by Gasteiger charge is -2.40. The predicted octanol–water partition coefficient (Wildman–Crippen LogP) is 3.03. The molecule has 0 radical (unpaired) electrons. The van der Waals surface area contributed by atoms with E-state index in [4.69, 9.17) is 11.6 Å². The largest absolute Gasteiger partial charge is 0.296 e. The SMILES string of the molecule is O=C1CC2(CCCC2)C(c2ccccc2Cl)C(=O)N1. The van der Waals surface area contributed by atoms with Crippen LogP contribution in [0.3, 0.4) is 0 Å². The summed E-state index contributed by atoms with van der Waals surface area (Å²) in [4.78, 5) is 24.1. The van der Waals surface area contributed by atoms with Gasteiger partial charge in [0.25, 0.3) is 0 Å². The zero-order chi connectivity index (χ0) is 13.5. The van der Waals surface area contributed by atoms with Crippen LogP contribution in [0.15, 0.2) is 24.3 Å². The zero-order valence-corrected chi connectivity index (χ0v) is 11.4. The zero-order valence-electron chi connectivity index (χ0n) is 10.6. The van der Waals surface area contributed by atoms with E-state index in [1.54, 1.807) is 0 Å². The summed E-state index contributed by atoms with van der Waals surface area (Å²) < 4.78 is 0. The average Bonchev–Trinajstić information content (AvgIpc) is 2.79. The first-order valence-corrected chi connectivity index (χ1v) is 7.08. The Morgan fingerprint density at radius 3 is 2.53 bits per heavy atom. The maximum Gasteiger partial charge on any atom is 0.234 e. The summed E-state index contributed by atoms with van der Waals surface area (Å²) in [5, 5.41) is 3.08. The normalized spacial score (nSPS) is 25.6. The highest BCUT2D eigenvalue weighted by Gasteiger charge is 2.50. The molecule has 1 saturated heterocycles. The molecule has 100 valence electrons. The van der Waals surface area contributed by atoms with Crippen LogP contribution in [0.1, 0.15) is 43.6 Å². The van der Waals surface area contributed by atoms with Crippen LogP contribution in [-0.2, 0) is 9.59 Å². The Bertz CT molecular complexity index is 535. The van der Waals surface area contributed by atoms with Gasteiger partial charge >= 0.3 is 0 Å². The molecule has 19 heavy (non-hydrogen) atoms. The number of hydrogen-bond donors (Lipinski definition) is 1. The van der Waals surface area contributed by atoms with Gasteiger partial charge in [-0.05, 0) is 29.9 Å². The topological polar surface area (TPSA) is 46.2 Å². The summed E-state index contributed by atoms with van der Waals surface area (Å²) >= 11 is 6.26. The van der Waals surface area contributed by atoms with Gasteiger partial charge in [0.2, 0.25) is 11.8 Å². The number of amides is 2. The fraction of sp³-hybridized carbons (Fsp3) is 0.467. The first-order valence-electron chi connectivity index (χ1n) is 6.70. The highest BCUT2D eigenvalue weighted by Crippen LogP contribution is 2.53. The van der Waals surface area contributed by atoms with Gasteiger partial charge in [0.15, 0.2) is 0 Å². The van der Waals surface area contributed by atoms with Crippen LogP contribution in [0.5, 0.6) is 0 Å². The molecule has 1 atom stereocenters. The minimum atomic E-state index is -0.290. The van der Waals surface area contributed by atoms with Gasteiger partial charge in [-0.1, -0.05) is 42.6 Å². The van der Waals surface area contributed by atoms with Gasteiger partial charge in [-0.3, -0.25) is 14.9 Å². The van der Waals surface area contributed by atoms with Crippen molar-refractivity contribution in [3.63, 3.8) is 0 Å². The van der Waals surface area contributed by atoms with Crippen LogP contribution in [0, 0.1) is 5.41 Å². The van der Waals surface area contributed by atoms with Crippen molar-refractivity contribution in [2.75, 3.05) is 0 Å². The molecule has 2 fully saturated rings. The number of hydrogen-bond acceptors (Lipinski definition) is 2. The summed E-state index contributed by atoms with van der Waals surface area (Å²) in [5.41, 5.74) is 0.640. The van der Waals surface area contributed by atoms with Crippen LogP contribution in [0.4, 0.5) is 0 Å². The molecule has 1 aliphatic heterocycles. The van der Waals surface area contributed by atoms with Crippen molar-refractivity contribution in [3.05, 3.63) is 34.9 Å². The van der Waals surface area contributed by atoms with E-state index < -0.39 is 0 Å². The van der Waals surface area contributed by atoms with Gasteiger partial charge in [-0.25, -0.2) is 0 Å². The molecule has 1 aliphatic carbocycles. The van der Waals surface area contributed by atoms with Crippen molar-refractivity contribution in [1.29, 1.82) is 0 Å². The van der Waals surface area contributed by atoms with Gasteiger partial charge in [0.1, 0.15) is 0 Å². The van der Waals surface area contributed by atoms with Crippen LogP contribution in [-0.4, -0.2) is 11.8 Å². The minimum Gasteiger partial charge on any atom is -0.296 e. The smallest absolute Gasteiger partial charge is 0.234 e. The molecule has 0 aromatic heterocycles. The standard InChI is InChI=1S/C15H16ClNO2/c16-11-6-2-1-5-10(11)13-14(19)17-12(18)9-15(13)7-3-4-8-15/h1-2,5-6,13H,3-4,7-9H2,(H,17,18,19). The Kier molecular flexibility index (Phi) is 3.09. The van der Waals surface area contributed by atoms with Gasteiger partial charge in [0.05, 0.1) is 5.92 Å². The molecule has 3 nitrogen and oxygen atoms in total. The Morgan fingerprint density at radius 1 is 1.16 bits per heavy atom. The highest BCUT2D eigenvalue weighted by molar-refractivity contribution is 6.31. The Morgan fingerprint density at radius 2 is 1.84 bits per heavy atom. The number of benzene rings is 1. The third-order valence-corrected chi connectivity index (χ3v) is 4.81. The van der Waals surface area contributed by atoms with Crippen molar-refractivity contribution < 1.29 is 9.59 Å². The second kappa shape index (κ2) is 4.64. The van der Waals surface area contributed by atoms with E-state index in [0.29, 0.717) is 11.4 Å². The quantitative estimate of drug-likeness (QED) is 0.802. The lowest BCUT2D eigenvalue weighted by atomic mass is 9.66. The average molecular weight is 278 g/mol. The molecule has 1 spiro atoms. The lowest BCUT2D eigenvalue weighted by Crippen LogP contribution is -2.49. The molecular formula is C15H16ClNO2. The van der Waals surface area contributed by atoms with Crippen molar-refractivity contribution in [2.45, 2.75) is 38.0 Å². The number of nitrogens with one attached hydrogen (secondary N) is 1. The van der Waals surface area contributed by atoms with Crippen LogP contribution >= 0.6 is 11.6 Å². The Hall–Kier alpha value is -1.35. The lowest BCUT2D eigenvalue weighted by molar-refractivity contribution is -0.139. The van der Waals surface area contributed by atoms with E-state index >= 15 is 0 Å². The summed E-state index contributed by atoms with van der Waals surface area (Å²) in [6, 6.07) is 7.47. The Labute approximate surface area is 117 Å². The molecule has 1 heterocycles. The molecule has 1 aromatic rings. The molecule has 2 aliphatic rings. The third kappa shape index (κ3) is 2.06. The molecular weight excluding hydrogens is 262 g/mol. The number of carbonyl (C=O) groups is 2. The maximum absolute atomic E-state index is 12.3. The maximum atomic E-state index is 12.3. The predicted molar refractivity (Wildman–Crippen MR) is 72.9 cm³/mol. The number of imide groups is 1. The second-order valence-electron chi connectivity index (χ2n) is 5.61. The number of rotatable bonds is 1. The van der Waals surface area contributed by atoms with Gasteiger partial charge in [-0.2, -0.15) is 0 Å². The molecule has 4 heteroatoms. The molecule has 3 rings (SSSR count). The summed E-state index contributed by atoms with van der Waals surface area (Å²) in [6.45, 7) is 0. The molecule has 2 amide bonds. The third-order valence-electron chi connectivity index (χ3n) is 4.47. The number of carbonyl (C=O) groups excluding carboxylic acids is 2. The van der Waals surface area contributed by atoms with Crippen molar-refractivity contribution in [1.82, 2.24) is 5.32 Å². The highest BCUT2D eigenvalue weighted by atomic mass is 35.5. The molecule has 1 saturated carbocycles. The summed E-state index contributed by atoms with van der Waals surface area (Å²) in [5.74, 6) is -0.622.